The van der Waals surface area contributed by atoms with Gasteiger partial charge < -0.3 is 10.1 Å². The highest BCUT2D eigenvalue weighted by Crippen LogP contribution is 2.30. The number of aromatic nitrogens is 1. The number of benzene rings is 1. The van der Waals surface area contributed by atoms with Gasteiger partial charge in [0.25, 0.3) is 5.91 Å². The molecule has 0 aliphatic carbocycles. The summed E-state index contributed by atoms with van der Waals surface area (Å²) in [6, 6.07) is 9.44. The summed E-state index contributed by atoms with van der Waals surface area (Å²) < 4.78 is 5.36. The molecule has 0 aliphatic rings. The summed E-state index contributed by atoms with van der Waals surface area (Å²) in [5.74, 6) is -0.894. The maximum Gasteiger partial charge on any atom is 0.341 e. The van der Waals surface area contributed by atoms with Gasteiger partial charge in [-0.25, -0.2) is 9.78 Å². The first-order chi connectivity index (χ1) is 12.6. The van der Waals surface area contributed by atoms with Crippen molar-refractivity contribution in [2.24, 2.45) is 0 Å². The van der Waals surface area contributed by atoms with Gasteiger partial charge in [0.15, 0.2) is 6.10 Å². The minimum atomic E-state index is -0.892. The van der Waals surface area contributed by atoms with Crippen LogP contribution >= 0.6 is 11.8 Å². The quantitative estimate of drug-likeness (QED) is 0.776. The van der Waals surface area contributed by atoms with Crippen LogP contribution in [0.2, 0.25) is 0 Å². The van der Waals surface area contributed by atoms with Crippen LogP contribution in [0.25, 0.3) is 0 Å². The molecule has 0 radical (unpaired) electrons. The first-order valence-corrected chi connectivity index (χ1v) is 9.61. The molecule has 1 aromatic carbocycles. The van der Waals surface area contributed by atoms with E-state index in [0.29, 0.717) is 10.6 Å². The molecule has 0 saturated heterocycles. The van der Waals surface area contributed by atoms with Crippen LogP contribution in [0.5, 0.6) is 0 Å². The average Bonchev–Trinajstić information content (AvgIpc) is 2.57. The van der Waals surface area contributed by atoms with Crippen LogP contribution < -0.4 is 5.32 Å². The van der Waals surface area contributed by atoms with E-state index in [2.05, 4.69) is 23.3 Å². The molecule has 0 unspecified atom stereocenters. The van der Waals surface area contributed by atoms with E-state index < -0.39 is 17.6 Å². The van der Waals surface area contributed by atoms with E-state index in [9.17, 15) is 9.59 Å². The van der Waals surface area contributed by atoms with Gasteiger partial charge in [0.05, 0.1) is 5.56 Å². The third-order valence-corrected chi connectivity index (χ3v) is 4.84. The van der Waals surface area contributed by atoms with Crippen molar-refractivity contribution in [3.8, 4) is 0 Å². The summed E-state index contributed by atoms with van der Waals surface area (Å²) in [5.41, 5.74) is 2.33. The van der Waals surface area contributed by atoms with Gasteiger partial charge in [0, 0.05) is 16.6 Å². The van der Waals surface area contributed by atoms with E-state index in [-0.39, 0.29) is 5.91 Å². The third-order valence-electron chi connectivity index (χ3n) is 3.84. The predicted octanol–water partition coefficient (Wildman–Crippen LogP) is 4.31. The van der Waals surface area contributed by atoms with Gasteiger partial charge >= 0.3 is 5.97 Å². The standard InChI is InChI=1S/C21H26N2O3S/c1-13-9-10-16(12-14(13)2)27-19-17(8-7-11-22-19)20(25)26-15(3)18(24)23-21(4,5)6/h7-12,15H,1-6H3,(H,23,24)/t15-/m1/s1. The van der Waals surface area contributed by atoms with Crippen LogP contribution in [-0.4, -0.2) is 28.5 Å². The SMILES string of the molecule is Cc1ccc(Sc2ncccc2C(=O)O[C@H](C)C(=O)NC(C)(C)C)cc1C. The zero-order valence-corrected chi connectivity index (χ0v) is 17.4. The van der Waals surface area contributed by atoms with Gasteiger partial charge in [0.1, 0.15) is 5.03 Å². The summed E-state index contributed by atoms with van der Waals surface area (Å²) in [4.78, 5) is 30.1. The van der Waals surface area contributed by atoms with Crippen molar-refractivity contribution >= 4 is 23.6 Å². The van der Waals surface area contributed by atoms with Crippen molar-refractivity contribution in [3.63, 3.8) is 0 Å². The van der Waals surface area contributed by atoms with Crippen LogP contribution in [0.15, 0.2) is 46.5 Å². The number of carbonyl (C=O) groups is 2. The molecule has 0 fully saturated rings. The fourth-order valence-corrected chi connectivity index (χ4v) is 3.24. The number of hydrogen-bond donors (Lipinski definition) is 1. The lowest BCUT2D eigenvalue weighted by Gasteiger charge is -2.23. The topological polar surface area (TPSA) is 68.3 Å². The first-order valence-electron chi connectivity index (χ1n) is 8.80. The lowest BCUT2D eigenvalue weighted by atomic mass is 10.1. The van der Waals surface area contributed by atoms with E-state index in [1.54, 1.807) is 25.3 Å². The highest BCUT2D eigenvalue weighted by Gasteiger charge is 2.24. The first kappa shape index (κ1) is 21.0. The second kappa shape index (κ2) is 8.57. The largest absolute Gasteiger partial charge is 0.449 e. The molecule has 1 N–H and O–H groups in total. The summed E-state index contributed by atoms with van der Waals surface area (Å²) in [5, 5.41) is 3.35. The number of pyridine rings is 1. The van der Waals surface area contributed by atoms with Gasteiger partial charge in [-0.05, 0) is 76.9 Å². The van der Waals surface area contributed by atoms with E-state index >= 15 is 0 Å². The number of aryl methyl sites for hydroxylation is 2. The van der Waals surface area contributed by atoms with Crippen molar-refractivity contribution < 1.29 is 14.3 Å². The van der Waals surface area contributed by atoms with E-state index in [1.165, 1.54) is 22.9 Å². The third kappa shape index (κ3) is 6.10. The Morgan fingerprint density at radius 1 is 1.15 bits per heavy atom. The summed E-state index contributed by atoms with van der Waals surface area (Å²) in [6.45, 7) is 11.3. The van der Waals surface area contributed by atoms with Crippen molar-refractivity contribution in [1.29, 1.82) is 0 Å². The minimum Gasteiger partial charge on any atom is -0.449 e. The van der Waals surface area contributed by atoms with Gasteiger partial charge in [-0.2, -0.15) is 0 Å². The lowest BCUT2D eigenvalue weighted by molar-refractivity contribution is -0.130. The van der Waals surface area contributed by atoms with Gasteiger partial charge in [-0.1, -0.05) is 17.8 Å². The maximum atomic E-state index is 12.6. The number of amides is 1. The molecule has 1 heterocycles. The molecule has 0 aliphatic heterocycles. The van der Waals surface area contributed by atoms with Crippen LogP contribution in [0.1, 0.15) is 49.2 Å². The van der Waals surface area contributed by atoms with E-state index in [1.807, 2.05) is 39.8 Å². The highest BCUT2D eigenvalue weighted by atomic mass is 32.2. The molecule has 6 heteroatoms. The predicted molar refractivity (Wildman–Crippen MR) is 107 cm³/mol. The molecule has 0 bridgehead atoms. The highest BCUT2D eigenvalue weighted by molar-refractivity contribution is 7.99. The molecule has 0 saturated carbocycles. The number of esters is 1. The Morgan fingerprint density at radius 2 is 1.85 bits per heavy atom. The van der Waals surface area contributed by atoms with Crippen molar-refractivity contribution in [2.45, 2.75) is 63.1 Å². The monoisotopic (exact) mass is 386 g/mol. The Balaban J connectivity index is 2.15. The van der Waals surface area contributed by atoms with Gasteiger partial charge in [0.2, 0.25) is 0 Å². The van der Waals surface area contributed by atoms with E-state index in [0.717, 1.165) is 4.90 Å². The van der Waals surface area contributed by atoms with Crippen LogP contribution in [0, 0.1) is 13.8 Å². The van der Waals surface area contributed by atoms with Crippen LogP contribution in [-0.2, 0) is 9.53 Å². The molecular weight excluding hydrogens is 360 g/mol. The summed E-state index contributed by atoms with van der Waals surface area (Å²) in [7, 11) is 0. The normalized spacial score (nSPS) is 12.4. The van der Waals surface area contributed by atoms with Crippen LogP contribution in [0.4, 0.5) is 0 Å². The molecule has 2 aromatic rings. The van der Waals surface area contributed by atoms with E-state index in [4.69, 9.17) is 4.74 Å². The number of nitrogens with zero attached hydrogens (tertiary/aromatic N) is 1. The molecule has 1 amide bonds. The summed E-state index contributed by atoms with van der Waals surface area (Å²) >= 11 is 1.40. The number of carbonyl (C=O) groups excluding carboxylic acids is 2. The van der Waals surface area contributed by atoms with Crippen molar-refractivity contribution in [1.82, 2.24) is 10.3 Å². The Bertz CT molecular complexity index is 844. The number of nitrogens with one attached hydrogen (secondary N) is 1. The molecule has 0 spiro atoms. The van der Waals surface area contributed by atoms with Crippen LogP contribution in [0.3, 0.4) is 0 Å². The molecule has 1 aromatic heterocycles. The lowest BCUT2D eigenvalue weighted by Crippen LogP contribution is -2.46. The Hall–Kier alpha value is -2.34. The second-order valence-electron chi connectivity index (χ2n) is 7.49. The zero-order chi connectivity index (χ0) is 20.2. The number of ether oxygens (including phenoxy) is 1. The zero-order valence-electron chi connectivity index (χ0n) is 16.6. The van der Waals surface area contributed by atoms with Crippen molar-refractivity contribution in [2.75, 3.05) is 0 Å². The average molecular weight is 387 g/mol. The van der Waals surface area contributed by atoms with Gasteiger partial charge in [-0.3, -0.25) is 4.79 Å². The smallest absolute Gasteiger partial charge is 0.341 e. The molecular formula is C21H26N2O3S. The summed E-state index contributed by atoms with van der Waals surface area (Å²) in [6.07, 6.45) is 0.743. The Morgan fingerprint density at radius 3 is 2.48 bits per heavy atom. The Labute approximate surface area is 164 Å². The second-order valence-corrected chi connectivity index (χ2v) is 8.55. The molecule has 1 atom stereocenters. The number of hydrogen-bond acceptors (Lipinski definition) is 5. The fourth-order valence-electron chi connectivity index (χ4n) is 2.27. The Kier molecular flexibility index (Phi) is 6.65. The maximum absolute atomic E-state index is 12.6. The molecule has 27 heavy (non-hydrogen) atoms. The molecule has 144 valence electrons. The fraction of sp³-hybridized carbons (Fsp3) is 0.381. The van der Waals surface area contributed by atoms with Crippen molar-refractivity contribution in [3.05, 3.63) is 53.2 Å². The molecule has 2 rings (SSSR count). The minimum absolute atomic E-state index is 0.330. The number of rotatable bonds is 5. The van der Waals surface area contributed by atoms with Gasteiger partial charge in [-0.15, -0.1) is 0 Å². The molecule has 5 nitrogen and oxygen atoms in total.